The first kappa shape index (κ1) is 23.2. The van der Waals surface area contributed by atoms with E-state index in [2.05, 4.69) is 15.4 Å². The summed E-state index contributed by atoms with van der Waals surface area (Å²) in [6, 6.07) is 1.63. The van der Waals surface area contributed by atoms with Crippen LogP contribution in [0.4, 0.5) is 0 Å². The van der Waals surface area contributed by atoms with E-state index in [1.54, 1.807) is 24.9 Å². The molecule has 1 aliphatic carbocycles. The molecule has 1 saturated carbocycles. The maximum atomic E-state index is 13.2. The second-order valence-electron chi connectivity index (χ2n) is 9.36. The molecular weight excluding hydrogens is 430 g/mol. The maximum Gasteiger partial charge on any atom is 0.261 e. The van der Waals surface area contributed by atoms with Crippen LogP contribution in [0.3, 0.4) is 0 Å². The highest BCUT2D eigenvalue weighted by atomic mass is 32.2. The third-order valence-corrected chi connectivity index (χ3v) is 8.39. The van der Waals surface area contributed by atoms with Gasteiger partial charge in [-0.2, -0.15) is 4.40 Å². The van der Waals surface area contributed by atoms with E-state index in [4.69, 9.17) is 9.47 Å². The van der Waals surface area contributed by atoms with Gasteiger partial charge in [0.25, 0.3) is 15.9 Å². The van der Waals surface area contributed by atoms with Crippen LogP contribution in [-0.4, -0.2) is 67.1 Å². The molecule has 1 aromatic heterocycles. The quantitative estimate of drug-likeness (QED) is 0.669. The number of carbonyl (C=O) groups is 1. The number of sulfonamides is 1. The third kappa shape index (κ3) is 4.98. The summed E-state index contributed by atoms with van der Waals surface area (Å²) in [5, 5.41) is -0.610. The number of ether oxygens (including phenoxy) is 2. The van der Waals surface area contributed by atoms with Crippen LogP contribution >= 0.6 is 0 Å². The minimum Gasteiger partial charge on any atom is -0.467 e. The highest BCUT2D eigenvalue weighted by Gasteiger charge is 2.36. The van der Waals surface area contributed by atoms with Crippen molar-refractivity contribution in [2.24, 2.45) is 4.40 Å². The number of pyridine rings is 1. The van der Waals surface area contributed by atoms with Gasteiger partial charge in [0, 0.05) is 18.3 Å². The van der Waals surface area contributed by atoms with E-state index in [9.17, 15) is 13.2 Å². The van der Waals surface area contributed by atoms with E-state index in [0.717, 1.165) is 36.8 Å². The molecule has 8 nitrogen and oxygen atoms in total. The molecule has 0 spiro atoms. The topological polar surface area (TPSA) is 98.2 Å². The average Bonchev–Trinajstić information content (AvgIpc) is 2.78. The van der Waals surface area contributed by atoms with Crippen LogP contribution in [0.5, 0.6) is 5.88 Å². The predicted octanol–water partition coefficient (Wildman–Crippen LogP) is 3.00. The van der Waals surface area contributed by atoms with Crippen molar-refractivity contribution in [1.82, 2.24) is 9.88 Å². The Balaban J connectivity index is 1.66. The molecule has 1 saturated heterocycles. The molecule has 32 heavy (non-hydrogen) atoms. The molecule has 1 atom stereocenters. The summed E-state index contributed by atoms with van der Waals surface area (Å²) in [6.07, 6.45) is 6.83. The Morgan fingerprint density at radius 2 is 1.97 bits per heavy atom. The van der Waals surface area contributed by atoms with E-state index in [1.165, 1.54) is 0 Å². The number of aromatic nitrogens is 1. The molecule has 1 unspecified atom stereocenters. The highest BCUT2D eigenvalue weighted by Crippen LogP contribution is 2.38. The van der Waals surface area contributed by atoms with Crippen molar-refractivity contribution < 1.29 is 22.7 Å². The van der Waals surface area contributed by atoms with Gasteiger partial charge in [0.2, 0.25) is 5.88 Å². The molecule has 176 valence electrons. The lowest BCUT2D eigenvalue weighted by molar-refractivity contribution is -0.136. The van der Waals surface area contributed by atoms with Gasteiger partial charge in [0.05, 0.1) is 29.7 Å². The van der Waals surface area contributed by atoms with E-state index in [-0.39, 0.29) is 25.2 Å². The molecule has 4 heterocycles. The molecule has 1 aromatic rings. The molecule has 0 radical (unpaired) electrons. The van der Waals surface area contributed by atoms with Crippen LogP contribution in [0.25, 0.3) is 0 Å². The number of amides is 1. The third-order valence-electron chi connectivity index (χ3n) is 6.71. The fraction of sp³-hybridized carbons (Fsp3) is 0.696. The first-order valence-electron chi connectivity index (χ1n) is 11.6. The fourth-order valence-corrected chi connectivity index (χ4v) is 5.52. The van der Waals surface area contributed by atoms with Crippen molar-refractivity contribution in [2.45, 2.75) is 82.6 Å². The summed E-state index contributed by atoms with van der Waals surface area (Å²) in [4.78, 5) is 19.3. The lowest BCUT2D eigenvalue weighted by atomic mass is 9.82. The zero-order chi connectivity index (χ0) is 22.9. The van der Waals surface area contributed by atoms with Gasteiger partial charge >= 0.3 is 0 Å². The van der Waals surface area contributed by atoms with Gasteiger partial charge in [-0.15, -0.1) is 0 Å². The molecule has 0 aromatic carbocycles. The largest absolute Gasteiger partial charge is 0.467 e. The van der Waals surface area contributed by atoms with E-state index in [0.29, 0.717) is 36.9 Å². The lowest BCUT2D eigenvalue weighted by Gasteiger charge is -2.37. The van der Waals surface area contributed by atoms with Crippen LogP contribution in [-0.2, 0) is 19.6 Å². The van der Waals surface area contributed by atoms with Crippen molar-refractivity contribution in [3.8, 4) is 5.88 Å². The smallest absolute Gasteiger partial charge is 0.261 e. The maximum absolute atomic E-state index is 13.2. The number of piperidine rings is 1. The van der Waals surface area contributed by atoms with Gasteiger partial charge in [0.15, 0.2) is 6.61 Å². The Hall–Kier alpha value is -2.00. The standard InChI is InChI=1S/C23H33N3O5S/c1-15(2)32(28,29)25-20-5-4-10-26-21(20)13-30-18-8-6-17(7-9-18)19-11-16(3)12-24-23(19)31-14-22(26)27/h11-12,15,17-18,21H,4-10,13-14H2,1-3H3/b25-20+. The van der Waals surface area contributed by atoms with Crippen LogP contribution in [0.1, 0.15) is 69.4 Å². The van der Waals surface area contributed by atoms with Gasteiger partial charge < -0.3 is 14.4 Å². The summed E-state index contributed by atoms with van der Waals surface area (Å²) in [5.74, 6) is 0.661. The lowest BCUT2D eigenvalue weighted by Crippen LogP contribution is -2.53. The summed E-state index contributed by atoms with van der Waals surface area (Å²) in [7, 11) is -3.62. The van der Waals surface area contributed by atoms with Gasteiger partial charge in [-0.3, -0.25) is 4.79 Å². The molecule has 9 heteroatoms. The SMILES string of the molecule is Cc1cnc2c(c1)C1CCC(CC1)OCC1/C(=N/S(=O)(=O)C(C)C)CCCN1C(=O)CO2. The van der Waals surface area contributed by atoms with Crippen molar-refractivity contribution in [3.05, 3.63) is 23.4 Å². The molecular formula is C23H33N3O5S. The molecule has 3 aliphatic heterocycles. The van der Waals surface area contributed by atoms with E-state index in [1.807, 2.05) is 6.92 Å². The van der Waals surface area contributed by atoms with Crippen molar-refractivity contribution in [3.63, 3.8) is 0 Å². The zero-order valence-electron chi connectivity index (χ0n) is 19.1. The van der Waals surface area contributed by atoms with Gasteiger partial charge in [0.1, 0.15) is 0 Å². The number of nitrogens with zero attached hydrogens (tertiary/aromatic N) is 3. The van der Waals surface area contributed by atoms with Crippen molar-refractivity contribution >= 4 is 21.6 Å². The summed E-state index contributed by atoms with van der Waals surface area (Å²) < 4.78 is 41.3. The number of fused-ring (bicyclic) bond motifs is 5. The minimum absolute atomic E-state index is 0.0935. The minimum atomic E-state index is -3.62. The Bertz CT molecular complexity index is 983. The average molecular weight is 464 g/mol. The molecule has 1 amide bonds. The van der Waals surface area contributed by atoms with Crippen LogP contribution < -0.4 is 4.74 Å². The number of rotatable bonds is 2. The monoisotopic (exact) mass is 463 g/mol. The van der Waals surface area contributed by atoms with Crippen molar-refractivity contribution in [2.75, 3.05) is 19.8 Å². The Labute approximate surface area is 190 Å². The Kier molecular flexibility index (Phi) is 6.86. The fourth-order valence-electron chi connectivity index (χ4n) is 4.77. The second kappa shape index (κ2) is 9.47. The normalized spacial score (nSPS) is 28.4. The van der Waals surface area contributed by atoms with E-state index >= 15 is 0 Å². The first-order chi connectivity index (χ1) is 15.2. The summed E-state index contributed by atoms with van der Waals surface area (Å²) in [5.41, 5.74) is 2.65. The van der Waals surface area contributed by atoms with Crippen LogP contribution in [0.15, 0.2) is 16.7 Å². The number of carbonyl (C=O) groups excluding carboxylic acids is 1. The van der Waals surface area contributed by atoms with Gasteiger partial charge in [-0.05, 0) is 76.8 Å². The van der Waals surface area contributed by atoms with Crippen LogP contribution in [0.2, 0.25) is 0 Å². The van der Waals surface area contributed by atoms with E-state index < -0.39 is 21.3 Å². The molecule has 0 N–H and O–H groups in total. The first-order valence-corrected chi connectivity index (χ1v) is 13.1. The number of hydrogen-bond acceptors (Lipinski definition) is 6. The number of aryl methyl sites for hydroxylation is 1. The Morgan fingerprint density at radius 1 is 1.22 bits per heavy atom. The molecule has 2 fully saturated rings. The summed E-state index contributed by atoms with van der Waals surface area (Å²) in [6.45, 7) is 5.89. The zero-order valence-corrected chi connectivity index (χ0v) is 19.9. The molecule has 5 rings (SSSR count). The second-order valence-corrected chi connectivity index (χ2v) is 11.5. The molecule has 4 aliphatic rings. The van der Waals surface area contributed by atoms with Gasteiger partial charge in [-0.25, -0.2) is 13.4 Å². The Morgan fingerprint density at radius 3 is 2.69 bits per heavy atom. The number of hydrogen-bond donors (Lipinski definition) is 0. The summed E-state index contributed by atoms with van der Waals surface area (Å²) >= 11 is 0. The van der Waals surface area contributed by atoms with Crippen molar-refractivity contribution in [1.29, 1.82) is 0 Å². The predicted molar refractivity (Wildman–Crippen MR) is 122 cm³/mol. The van der Waals surface area contributed by atoms with Crippen LogP contribution in [0, 0.1) is 6.92 Å². The highest BCUT2D eigenvalue weighted by molar-refractivity contribution is 7.90. The van der Waals surface area contributed by atoms with Gasteiger partial charge in [-0.1, -0.05) is 0 Å². The molecule has 2 bridgehead atoms.